The second-order valence-corrected chi connectivity index (χ2v) is 10.8. The zero-order chi connectivity index (χ0) is 22.8. The Morgan fingerprint density at radius 3 is 2.62 bits per heavy atom. The van der Waals surface area contributed by atoms with Crippen LogP contribution in [-0.4, -0.2) is 39.4 Å². The van der Waals surface area contributed by atoms with Crippen molar-refractivity contribution in [2.45, 2.75) is 37.7 Å². The minimum atomic E-state index is -0.00116. The average Bonchev–Trinajstić information content (AvgIpc) is 3.33. The molecular weight excluding hydrogens is 460 g/mol. The topological polar surface area (TPSA) is 68.1 Å². The first kappa shape index (κ1) is 22.7. The molecule has 6 nitrogen and oxygen atoms in total. The number of hydrogen-bond donors (Lipinski definition) is 0. The monoisotopic (exact) mass is 484 g/mol. The Hall–Kier alpha value is -2.49. The van der Waals surface area contributed by atoms with Crippen molar-refractivity contribution >= 4 is 50.6 Å². The highest BCUT2D eigenvalue weighted by atomic mass is 32.2. The number of hydrogen-bond acceptors (Lipinski definition) is 7. The van der Waals surface area contributed by atoms with E-state index in [4.69, 9.17) is 4.98 Å². The van der Waals surface area contributed by atoms with Crippen molar-refractivity contribution in [2.24, 2.45) is 0 Å². The Morgan fingerprint density at radius 2 is 1.91 bits per heavy atom. The quantitative estimate of drug-likeness (QED) is 0.285. The van der Waals surface area contributed by atoms with E-state index in [9.17, 15) is 9.59 Å². The number of rotatable bonds is 7. The van der Waals surface area contributed by atoms with E-state index in [0.717, 1.165) is 31.5 Å². The molecule has 3 aromatic heterocycles. The van der Waals surface area contributed by atoms with Crippen molar-refractivity contribution in [1.29, 1.82) is 0 Å². The van der Waals surface area contributed by atoms with Gasteiger partial charge in [-0.3, -0.25) is 14.2 Å². The lowest BCUT2D eigenvalue weighted by molar-refractivity contribution is -0.127. The lowest BCUT2D eigenvalue weighted by Gasteiger charge is -2.12. The molecule has 0 spiro atoms. The van der Waals surface area contributed by atoms with Crippen LogP contribution in [0.15, 0.2) is 45.7 Å². The first-order chi connectivity index (χ1) is 15.3. The number of thiophene rings is 1. The standard InChI is InChI=1S/C23H24N4O2S3/c1-14-15(2)32-21-20(14)22(29)27(11-16-8-6-5-7-9-16)23(25-21)31-13-17-12-30-18(24-17)10-19(28)26(3)4/h5-9,12H,10-11,13H2,1-4H3. The molecule has 0 radical (unpaired) electrons. The molecule has 0 atom stereocenters. The Bertz CT molecular complexity index is 1320. The van der Waals surface area contributed by atoms with E-state index < -0.39 is 0 Å². The predicted molar refractivity (Wildman–Crippen MR) is 133 cm³/mol. The first-order valence-corrected chi connectivity index (χ1v) is 12.8. The second kappa shape index (κ2) is 9.56. The number of amides is 1. The van der Waals surface area contributed by atoms with Crippen LogP contribution in [0.4, 0.5) is 0 Å². The van der Waals surface area contributed by atoms with Gasteiger partial charge in [-0.05, 0) is 25.0 Å². The summed E-state index contributed by atoms with van der Waals surface area (Å²) in [5.74, 6) is 0.619. The van der Waals surface area contributed by atoms with Crippen LogP contribution in [0.25, 0.3) is 10.2 Å². The van der Waals surface area contributed by atoms with Crippen LogP contribution in [0.2, 0.25) is 0 Å². The van der Waals surface area contributed by atoms with Gasteiger partial charge in [0.2, 0.25) is 5.91 Å². The molecule has 4 rings (SSSR count). The SMILES string of the molecule is Cc1sc2nc(SCc3csc(CC(=O)N(C)C)n3)n(Cc3ccccc3)c(=O)c2c1C. The van der Waals surface area contributed by atoms with Crippen LogP contribution >= 0.6 is 34.4 Å². The van der Waals surface area contributed by atoms with E-state index in [2.05, 4.69) is 4.98 Å². The van der Waals surface area contributed by atoms with Gasteiger partial charge in [-0.25, -0.2) is 9.97 Å². The molecule has 0 aliphatic carbocycles. The van der Waals surface area contributed by atoms with Crippen molar-refractivity contribution in [3.8, 4) is 0 Å². The van der Waals surface area contributed by atoms with Crippen molar-refractivity contribution in [1.82, 2.24) is 19.4 Å². The number of aromatic nitrogens is 3. The molecule has 0 saturated heterocycles. The summed E-state index contributed by atoms with van der Waals surface area (Å²) >= 11 is 4.56. The number of carbonyl (C=O) groups is 1. The highest BCUT2D eigenvalue weighted by Gasteiger charge is 2.18. The lowest BCUT2D eigenvalue weighted by Crippen LogP contribution is -2.24. The molecule has 166 valence electrons. The minimum Gasteiger partial charge on any atom is -0.348 e. The molecule has 0 aliphatic rings. The summed E-state index contributed by atoms with van der Waals surface area (Å²) in [7, 11) is 3.49. The fourth-order valence-electron chi connectivity index (χ4n) is 3.25. The van der Waals surface area contributed by atoms with E-state index >= 15 is 0 Å². The van der Waals surface area contributed by atoms with Crippen molar-refractivity contribution in [2.75, 3.05) is 14.1 Å². The van der Waals surface area contributed by atoms with Crippen LogP contribution in [0, 0.1) is 13.8 Å². The van der Waals surface area contributed by atoms with Gasteiger partial charge in [0, 0.05) is 30.1 Å². The van der Waals surface area contributed by atoms with Gasteiger partial charge in [0.05, 0.1) is 24.0 Å². The van der Waals surface area contributed by atoms with Crippen LogP contribution in [0.5, 0.6) is 0 Å². The Kier molecular flexibility index (Phi) is 6.78. The molecule has 1 aromatic carbocycles. The number of benzene rings is 1. The highest BCUT2D eigenvalue weighted by Crippen LogP contribution is 2.30. The fraction of sp³-hybridized carbons (Fsp3) is 0.304. The Morgan fingerprint density at radius 1 is 1.16 bits per heavy atom. The zero-order valence-corrected chi connectivity index (χ0v) is 20.9. The van der Waals surface area contributed by atoms with Gasteiger partial charge in [-0.15, -0.1) is 22.7 Å². The number of likely N-dealkylation sites (N-methyl/N-ethyl adjacent to an activating group) is 1. The van der Waals surface area contributed by atoms with Crippen LogP contribution in [0.3, 0.4) is 0 Å². The fourth-order valence-corrected chi connectivity index (χ4v) is 6.10. The molecule has 0 bridgehead atoms. The van der Waals surface area contributed by atoms with E-state index in [0.29, 0.717) is 29.3 Å². The van der Waals surface area contributed by atoms with Gasteiger partial charge >= 0.3 is 0 Å². The van der Waals surface area contributed by atoms with Crippen LogP contribution in [-0.2, 0) is 23.5 Å². The molecule has 0 N–H and O–H groups in total. The van der Waals surface area contributed by atoms with E-state index in [1.807, 2.05) is 49.6 Å². The smallest absolute Gasteiger partial charge is 0.263 e. The summed E-state index contributed by atoms with van der Waals surface area (Å²) < 4.78 is 1.77. The zero-order valence-electron chi connectivity index (χ0n) is 18.4. The normalized spacial score (nSPS) is 11.2. The molecule has 4 aromatic rings. The largest absolute Gasteiger partial charge is 0.348 e. The number of fused-ring (bicyclic) bond motifs is 1. The summed E-state index contributed by atoms with van der Waals surface area (Å²) in [6.07, 6.45) is 0.305. The third-order valence-electron chi connectivity index (χ3n) is 5.19. The van der Waals surface area contributed by atoms with E-state index in [-0.39, 0.29) is 11.5 Å². The van der Waals surface area contributed by atoms with Gasteiger partial charge in [0.25, 0.3) is 5.56 Å². The number of aryl methyl sites for hydroxylation is 2. The van der Waals surface area contributed by atoms with Gasteiger partial charge in [-0.2, -0.15) is 0 Å². The summed E-state index contributed by atoms with van der Waals surface area (Å²) in [5, 5.41) is 4.18. The number of thioether (sulfide) groups is 1. The van der Waals surface area contributed by atoms with Gasteiger partial charge in [0.1, 0.15) is 9.84 Å². The summed E-state index contributed by atoms with van der Waals surface area (Å²) in [6.45, 7) is 4.49. The number of nitrogens with zero attached hydrogens (tertiary/aromatic N) is 4. The molecule has 1 amide bonds. The molecule has 0 aliphatic heterocycles. The maximum Gasteiger partial charge on any atom is 0.263 e. The molecule has 3 heterocycles. The van der Waals surface area contributed by atoms with Gasteiger partial charge in [0.15, 0.2) is 5.16 Å². The molecule has 32 heavy (non-hydrogen) atoms. The van der Waals surface area contributed by atoms with Gasteiger partial charge < -0.3 is 4.90 Å². The molecule has 0 saturated carbocycles. The third-order valence-corrected chi connectivity index (χ3v) is 8.20. The molecule has 0 fully saturated rings. The molecular formula is C23H24N4O2S3. The van der Waals surface area contributed by atoms with Gasteiger partial charge in [-0.1, -0.05) is 42.1 Å². The highest BCUT2D eigenvalue weighted by molar-refractivity contribution is 7.98. The maximum atomic E-state index is 13.4. The average molecular weight is 485 g/mol. The van der Waals surface area contributed by atoms with Crippen molar-refractivity contribution in [3.05, 3.63) is 72.8 Å². The Balaban J connectivity index is 1.64. The minimum absolute atomic E-state index is 0.00116. The van der Waals surface area contributed by atoms with Crippen LogP contribution < -0.4 is 5.56 Å². The number of carbonyl (C=O) groups excluding carboxylic acids is 1. The first-order valence-electron chi connectivity index (χ1n) is 10.1. The van der Waals surface area contributed by atoms with E-state index in [1.54, 1.807) is 34.9 Å². The summed E-state index contributed by atoms with van der Waals surface area (Å²) in [5.41, 5.74) is 2.95. The molecule has 9 heteroatoms. The third kappa shape index (κ3) is 4.79. The Labute approximate surface area is 199 Å². The number of thiazole rings is 1. The summed E-state index contributed by atoms with van der Waals surface area (Å²) in [4.78, 5) is 38.3. The lowest BCUT2D eigenvalue weighted by atomic mass is 10.2. The van der Waals surface area contributed by atoms with E-state index in [1.165, 1.54) is 23.1 Å². The predicted octanol–water partition coefficient (Wildman–Crippen LogP) is 4.50. The summed E-state index contributed by atoms with van der Waals surface area (Å²) in [6, 6.07) is 9.96. The van der Waals surface area contributed by atoms with Crippen LogP contribution in [0.1, 0.15) is 26.7 Å². The molecule has 0 unspecified atom stereocenters. The second-order valence-electron chi connectivity index (χ2n) is 7.72. The van der Waals surface area contributed by atoms with Crippen molar-refractivity contribution < 1.29 is 4.79 Å². The maximum absolute atomic E-state index is 13.4. The van der Waals surface area contributed by atoms with Crippen molar-refractivity contribution in [3.63, 3.8) is 0 Å².